The molecule has 1 aliphatic rings. The van der Waals surface area contributed by atoms with E-state index in [-0.39, 0.29) is 11.3 Å². The second kappa shape index (κ2) is 8.55. The summed E-state index contributed by atoms with van der Waals surface area (Å²) >= 11 is 0. The minimum Gasteiger partial charge on any atom is -0.504 e. The van der Waals surface area contributed by atoms with Gasteiger partial charge in [0.1, 0.15) is 35.6 Å². The van der Waals surface area contributed by atoms with Crippen molar-refractivity contribution in [3.05, 3.63) is 34.5 Å². The average molecular weight is 480 g/mol. The Labute approximate surface area is 189 Å². The number of aromatic hydroxyl groups is 5. The van der Waals surface area contributed by atoms with Crippen LogP contribution in [0, 0.1) is 0 Å². The molecule has 13 heteroatoms. The van der Waals surface area contributed by atoms with Crippen molar-refractivity contribution in [1.82, 2.24) is 0 Å². The van der Waals surface area contributed by atoms with E-state index in [1.54, 1.807) is 0 Å². The van der Waals surface area contributed by atoms with Gasteiger partial charge < -0.3 is 59.8 Å². The Kier molecular flexibility index (Phi) is 5.89. The van der Waals surface area contributed by atoms with E-state index in [1.807, 2.05) is 0 Å². The monoisotopic (exact) mass is 480 g/mol. The molecule has 4 rings (SSSR count). The van der Waals surface area contributed by atoms with Gasteiger partial charge in [-0.15, -0.1) is 0 Å². The normalized spacial score (nSPS) is 24.9. The molecule has 9 N–H and O–H groups in total. The second-order valence-electron chi connectivity index (χ2n) is 7.57. The van der Waals surface area contributed by atoms with Crippen molar-refractivity contribution in [2.24, 2.45) is 0 Å². The van der Waals surface area contributed by atoms with Gasteiger partial charge in [0.05, 0.1) is 6.61 Å². The van der Waals surface area contributed by atoms with Gasteiger partial charge in [0.15, 0.2) is 28.3 Å². The first-order valence-corrected chi connectivity index (χ1v) is 9.79. The van der Waals surface area contributed by atoms with Crippen LogP contribution < -0.4 is 10.2 Å². The number of phenols is 5. The summed E-state index contributed by atoms with van der Waals surface area (Å²) < 4.78 is 15.9. The molecule has 0 bridgehead atoms. The molecule has 0 saturated carbocycles. The Balaban J connectivity index is 1.83. The summed E-state index contributed by atoms with van der Waals surface area (Å²) in [5, 5.41) is 89.2. The fourth-order valence-corrected chi connectivity index (χ4v) is 3.54. The van der Waals surface area contributed by atoms with Gasteiger partial charge in [-0.05, 0) is 18.2 Å². The van der Waals surface area contributed by atoms with Crippen LogP contribution in [0.5, 0.6) is 34.5 Å². The molecule has 3 aromatic rings. The lowest BCUT2D eigenvalue weighted by Gasteiger charge is -2.39. The average Bonchev–Trinajstić information content (AvgIpc) is 2.81. The highest BCUT2D eigenvalue weighted by Gasteiger charge is 2.45. The van der Waals surface area contributed by atoms with Crippen molar-refractivity contribution in [2.75, 3.05) is 6.61 Å². The SMILES string of the molecule is O=c1cc(-c2ccc(O)c(O)c2)oc2c(O)c(O[C@@H]3O[C@H](CO)[C@@H](O)[C@H](O)[C@H]3O)c(O)c(O)c12. The van der Waals surface area contributed by atoms with E-state index in [9.17, 15) is 50.8 Å². The van der Waals surface area contributed by atoms with Crippen LogP contribution >= 0.6 is 0 Å². The largest absolute Gasteiger partial charge is 0.504 e. The zero-order valence-electron chi connectivity index (χ0n) is 17.1. The quantitative estimate of drug-likeness (QED) is 0.164. The highest BCUT2D eigenvalue weighted by Crippen LogP contribution is 2.50. The molecule has 2 aromatic carbocycles. The van der Waals surface area contributed by atoms with Crippen LogP contribution in [0.3, 0.4) is 0 Å². The van der Waals surface area contributed by atoms with Crippen molar-refractivity contribution < 1.29 is 59.8 Å². The molecule has 0 aliphatic carbocycles. The number of rotatable bonds is 4. The smallest absolute Gasteiger partial charge is 0.229 e. The van der Waals surface area contributed by atoms with Crippen LogP contribution in [0.4, 0.5) is 0 Å². The van der Waals surface area contributed by atoms with Crippen molar-refractivity contribution in [2.45, 2.75) is 30.7 Å². The summed E-state index contributed by atoms with van der Waals surface area (Å²) in [6.07, 6.45) is -8.65. The summed E-state index contributed by atoms with van der Waals surface area (Å²) in [5.41, 5.74) is -1.44. The van der Waals surface area contributed by atoms with Crippen LogP contribution in [-0.2, 0) is 4.74 Å². The van der Waals surface area contributed by atoms with E-state index in [2.05, 4.69) is 0 Å². The first-order chi connectivity index (χ1) is 16.0. The fourth-order valence-electron chi connectivity index (χ4n) is 3.54. The lowest BCUT2D eigenvalue weighted by atomic mass is 9.99. The summed E-state index contributed by atoms with van der Waals surface area (Å²) in [6.45, 7) is -0.774. The molecule has 182 valence electrons. The molecule has 1 saturated heterocycles. The predicted octanol–water partition coefficient (Wildman–Crippen LogP) is -0.833. The molecule has 1 fully saturated rings. The molecular weight excluding hydrogens is 460 g/mol. The van der Waals surface area contributed by atoms with Gasteiger partial charge in [-0.1, -0.05) is 0 Å². The van der Waals surface area contributed by atoms with Crippen LogP contribution in [0.15, 0.2) is 33.5 Å². The third-order valence-electron chi connectivity index (χ3n) is 5.40. The van der Waals surface area contributed by atoms with Gasteiger partial charge in [-0.3, -0.25) is 4.79 Å². The number of hydrogen-bond acceptors (Lipinski definition) is 13. The Bertz CT molecular complexity index is 1300. The zero-order valence-corrected chi connectivity index (χ0v) is 17.1. The van der Waals surface area contributed by atoms with Crippen molar-refractivity contribution in [3.8, 4) is 45.8 Å². The molecule has 0 spiro atoms. The fraction of sp³-hybridized carbons (Fsp3) is 0.286. The summed E-state index contributed by atoms with van der Waals surface area (Å²) in [5.74, 6) is -5.22. The van der Waals surface area contributed by atoms with E-state index >= 15 is 0 Å². The number of fused-ring (bicyclic) bond motifs is 1. The van der Waals surface area contributed by atoms with Crippen LogP contribution in [0.2, 0.25) is 0 Å². The molecule has 0 unspecified atom stereocenters. The van der Waals surface area contributed by atoms with E-state index in [0.717, 1.165) is 18.2 Å². The van der Waals surface area contributed by atoms with Gasteiger partial charge in [-0.25, -0.2) is 0 Å². The molecule has 1 aliphatic heterocycles. The molecule has 5 atom stereocenters. The number of aliphatic hydroxyl groups excluding tert-OH is 4. The Morgan fingerprint density at radius 3 is 2.21 bits per heavy atom. The van der Waals surface area contributed by atoms with E-state index < -0.39 is 88.2 Å². The highest BCUT2D eigenvalue weighted by atomic mass is 16.7. The first-order valence-electron chi connectivity index (χ1n) is 9.79. The van der Waals surface area contributed by atoms with Gasteiger partial charge in [0, 0.05) is 11.6 Å². The lowest BCUT2D eigenvalue weighted by molar-refractivity contribution is -0.277. The molecule has 0 radical (unpaired) electrons. The number of hydrogen-bond donors (Lipinski definition) is 9. The topological polar surface area (TPSA) is 231 Å². The molecule has 1 aromatic heterocycles. The molecule has 2 heterocycles. The van der Waals surface area contributed by atoms with E-state index in [0.29, 0.717) is 0 Å². The minimum atomic E-state index is -1.91. The number of aliphatic hydroxyl groups is 4. The summed E-state index contributed by atoms with van der Waals surface area (Å²) in [7, 11) is 0. The Hall–Kier alpha value is -3.75. The van der Waals surface area contributed by atoms with E-state index in [4.69, 9.17) is 13.9 Å². The number of benzene rings is 2. The minimum absolute atomic E-state index is 0.109. The van der Waals surface area contributed by atoms with Gasteiger partial charge in [-0.2, -0.15) is 0 Å². The standard InChI is InChI=1S/C21H20O13/c22-5-11-13(26)15(28)17(30)21(33-11)34-20-16(29)14(27)12-9(25)4-10(32-19(12)18(20)31)6-1-2-7(23)8(24)3-6/h1-4,11,13,15,17,21-24,26-31H,5H2/t11-,13-,15+,17-,21+/m1/s1. The third kappa shape index (κ3) is 3.70. The molecule has 34 heavy (non-hydrogen) atoms. The van der Waals surface area contributed by atoms with Crippen molar-refractivity contribution in [3.63, 3.8) is 0 Å². The Morgan fingerprint density at radius 2 is 1.56 bits per heavy atom. The zero-order chi connectivity index (χ0) is 24.9. The summed E-state index contributed by atoms with van der Waals surface area (Å²) in [6, 6.07) is 4.39. The first kappa shape index (κ1) is 23.4. The van der Waals surface area contributed by atoms with Gasteiger partial charge >= 0.3 is 0 Å². The number of phenolic OH excluding ortho intramolecular Hbond substituents is 5. The van der Waals surface area contributed by atoms with Crippen molar-refractivity contribution in [1.29, 1.82) is 0 Å². The van der Waals surface area contributed by atoms with Gasteiger partial charge in [0.2, 0.25) is 23.5 Å². The second-order valence-corrected chi connectivity index (χ2v) is 7.57. The number of ether oxygens (including phenoxy) is 2. The predicted molar refractivity (Wildman–Crippen MR) is 111 cm³/mol. The lowest BCUT2D eigenvalue weighted by Crippen LogP contribution is -2.60. The van der Waals surface area contributed by atoms with Crippen molar-refractivity contribution >= 4 is 11.0 Å². The maximum atomic E-state index is 12.6. The van der Waals surface area contributed by atoms with Crippen LogP contribution in [0.25, 0.3) is 22.3 Å². The molecule has 13 nitrogen and oxygen atoms in total. The Morgan fingerprint density at radius 1 is 0.853 bits per heavy atom. The maximum absolute atomic E-state index is 12.6. The van der Waals surface area contributed by atoms with E-state index in [1.165, 1.54) is 6.07 Å². The van der Waals surface area contributed by atoms with Gasteiger partial charge in [0.25, 0.3) is 0 Å². The molecule has 0 amide bonds. The molecular formula is C21H20O13. The van der Waals surface area contributed by atoms with Crippen LogP contribution in [0.1, 0.15) is 0 Å². The maximum Gasteiger partial charge on any atom is 0.229 e. The summed E-state index contributed by atoms with van der Waals surface area (Å²) in [4.78, 5) is 12.6. The third-order valence-corrected chi connectivity index (χ3v) is 5.40. The highest BCUT2D eigenvalue weighted by molar-refractivity contribution is 5.94. The van der Waals surface area contributed by atoms with Crippen LogP contribution in [-0.4, -0.2) is 83.3 Å².